The van der Waals surface area contributed by atoms with Crippen molar-refractivity contribution in [3.63, 3.8) is 0 Å². The Labute approximate surface area is 157 Å². The van der Waals surface area contributed by atoms with Gasteiger partial charge in [0.25, 0.3) is 5.91 Å². The van der Waals surface area contributed by atoms with Crippen LogP contribution in [-0.4, -0.2) is 34.9 Å². The molecule has 1 aliphatic heterocycles. The van der Waals surface area contributed by atoms with E-state index in [9.17, 15) is 4.79 Å². The van der Waals surface area contributed by atoms with Gasteiger partial charge < -0.3 is 16.0 Å². The van der Waals surface area contributed by atoms with Crippen LogP contribution in [0, 0.1) is 5.92 Å². The summed E-state index contributed by atoms with van der Waals surface area (Å²) in [5.74, 6) is 0.801. The molecule has 0 radical (unpaired) electrons. The number of likely N-dealkylation sites (tertiary alicyclic amines) is 1. The Morgan fingerprint density at radius 3 is 2.84 bits per heavy atom. The van der Waals surface area contributed by atoms with E-state index >= 15 is 0 Å². The summed E-state index contributed by atoms with van der Waals surface area (Å²) in [6.45, 7) is 3.32. The summed E-state index contributed by atoms with van der Waals surface area (Å²) in [7, 11) is 0. The van der Waals surface area contributed by atoms with Crippen LogP contribution in [0.25, 0.3) is 0 Å². The summed E-state index contributed by atoms with van der Waals surface area (Å²) in [6, 6.07) is 8.89. The number of nitrogens with zero attached hydrogens (tertiary/aromatic N) is 2. The van der Waals surface area contributed by atoms with Crippen LogP contribution in [0.3, 0.4) is 0 Å². The number of carbonyl (C=O) groups excluding carboxylic acids is 1. The first-order chi connectivity index (χ1) is 12.0. The fourth-order valence-electron chi connectivity index (χ4n) is 3.14. The van der Waals surface area contributed by atoms with Gasteiger partial charge in [-0.15, -0.1) is 0 Å². The molecular weight excluding hydrogens is 359 g/mol. The molecule has 2 atom stereocenters. The van der Waals surface area contributed by atoms with Crippen molar-refractivity contribution in [3.05, 3.63) is 52.1 Å². The zero-order valence-electron chi connectivity index (χ0n) is 13.9. The smallest absolute Gasteiger partial charge is 0.257 e. The van der Waals surface area contributed by atoms with Crippen molar-refractivity contribution in [3.8, 4) is 0 Å². The van der Waals surface area contributed by atoms with Crippen LogP contribution >= 0.6 is 23.2 Å². The van der Waals surface area contributed by atoms with Crippen LogP contribution in [0.15, 0.2) is 36.5 Å². The molecule has 3 N–H and O–H groups in total. The summed E-state index contributed by atoms with van der Waals surface area (Å²) in [6.07, 6.45) is 2.57. The number of pyridine rings is 1. The monoisotopic (exact) mass is 378 g/mol. The molecule has 1 aromatic carbocycles. The summed E-state index contributed by atoms with van der Waals surface area (Å²) >= 11 is 12.0. The average Bonchev–Trinajstić information content (AvgIpc) is 2.99. The number of amides is 1. The highest BCUT2D eigenvalue weighted by atomic mass is 35.5. The predicted octanol–water partition coefficient (Wildman–Crippen LogP) is 3.94. The summed E-state index contributed by atoms with van der Waals surface area (Å²) < 4.78 is 0. The van der Waals surface area contributed by atoms with Crippen molar-refractivity contribution in [2.75, 3.05) is 18.4 Å². The maximum absolute atomic E-state index is 13.0. The minimum atomic E-state index is -0.0425. The third-order valence-corrected chi connectivity index (χ3v) is 5.22. The molecule has 2 aromatic rings. The highest BCUT2D eigenvalue weighted by molar-refractivity contribution is 6.42. The molecular formula is C18H20Cl2N4O. The number of anilines is 2. The lowest BCUT2D eigenvalue weighted by atomic mass is 10.1. The van der Waals surface area contributed by atoms with Gasteiger partial charge in [-0.3, -0.25) is 4.79 Å². The fourth-order valence-corrected chi connectivity index (χ4v) is 3.44. The van der Waals surface area contributed by atoms with E-state index in [4.69, 9.17) is 28.9 Å². The number of hydrogen-bond donors (Lipinski definition) is 2. The van der Waals surface area contributed by atoms with Crippen molar-refractivity contribution in [2.45, 2.75) is 19.4 Å². The molecule has 3 rings (SSSR count). The van der Waals surface area contributed by atoms with E-state index in [0.29, 0.717) is 40.4 Å². The zero-order valence-corrected chi connectivity index (χ0v) is 15.4. The molecule has 1 aromatic heterocycles. The van der Waals surface area contributed by atoms with Crippen LogP contribution in [0.5, 0.6) is 0 Å². The molecule has 0 saturated carbocycles. The van der Waals surface area contributed by atoms with E-state index in [1.165, 1.54) is 0 Å². The van der Waals surface area contributed by atoms with Gasteiger partial charge in [0, 0.05) is 24.5 Å². The second-order valence-corrected chi connectivity index (χ2v) is 7.11. The van der Waals surface area contributed by atoms with Crippen LogP contribution in [-0.2, 0) is 0 Å². The van der Waals surface area contributed by atoms with Gasteiger partial charge in [0.15, 0.2) is 0 Å². The van der Waals surface area contributed by atoms with Gasteiger partial charge in [-0.2, -0.15) is 0 Å². The first-order valence-corrected chi connectivity index (χ1v) is 8.93. The standard InChI is InChI=1S/C18H20Cl2N4O/c1-11-7-12(9-21)10-24(11)18(25)14-3-2-6-22-17(14)23-13-4-5-15(19)16(20)8-13/h2-6,8,11-12H,7,9-10,21H2,1H3,(H,22,23). The number of rotatable bonds is 4. The number of benzene rings is 1. The number of aromatic nitrogens is 1. The maximum Gasteiger partial charge on any atom is 0.257 e. The predicted molar refractivity (Wildman–Crippen MR) is 102 cm³/mol. The summed E-state index contributed by atoms with van der Waals surface area (Å²) in [5.41, 5.74) is 7.01. The molecule has 1 aliphatic rings. The molecule has 5 nitrogen and oxygen atoms in total. The second-order valence-electron chi connectivity index (χ2n) is 6.30. The zero-order chi connectivity index (χ0) is 18.0. The molecule has 0 aliphatic carbocycles. The lowest BCUT2D eigenvalue weighted by molar-refractivity contribution is 0.0744. The molecule has 2 unspecified atom stereocenters. The number of nitrogens with one attached hydrogen (secondary N) is 1. The molecule has 2 heterocycles. The first-order valence-electron chi connectivity index (χ1n) is 8.17. The highest BCUT2D eigenvalue weighted by Gasteiger charge is 2.33. The number of hydrogen-bond acceptors (Lipinski definition) is 4. The van der Waals surface area contributed by atoms with Crippen molar-refractivity contribution in [2.24, 2.45) is 11.7 Å². The third-order valence-electron chi connectivity index (χ3n) is 4.48. The average molecular weight is 379 g/mol. The van der Waals surface area contributed by atoms with E-state index in [-0.39, 0.29) is 11.9 Å². The van der Waals surface area contributed by atoms with Gasteiger partial charge in [-0.1, -0.05) is 23.2 Å². The Balaban J connectivity index is 1.85. The van der Waals surface area contributed by atoms with Crippen molar-refractivity contribution in [1.82, 2.24) is 9.88 Å². The van der Waals surface area contributed by atoms with E-state index in [1.807, 2.05) is 4.90 Å². The Bertz CT molecular complexity index is 783. The minimum absolute atomic E-state index is 0.0425. The van der Waals surface area contributed by atoms with Gasteiger partial charge in [-0.25, -0.2) is 4.98 Å². The molecule has 1 amide bonds. The summed E-state index contributed by atoms with van der Waals surface area (Å²) in [4.78, 5) is 19.2. The minimum Gasteiger partial charge on any atom is -0.340 e. The fraction of sp³-hybridized carbons (Fsp3) is 0.333. The van der Waals surface area contributed by atoms with Crippen LogP contribution < -0.4 is 11.1 Å². The van der Waals surface area contributed by atoms with Gasteiger partial charge in [0.2, 0.25) is 0 Å². The molecule has 0 bridgehead atoms. The Morgan fingerprint density at radius 1 is 1.36 bits per heavy atom. The second kappa shape index (κ2) is 7.60. The normalized spacial score (nSPS) is 19.9. The molecule has 25 heavy (non-hydrogen) atoms. The van der Waals surface area contributed by atoms with Crippen molar-refractivity contribution in [1.29, 1.82) is 0 Å². The van der Waals surface area contributed by atoms with Gasteiger partial charge in [-0.05, 0) is 56.1 Å². The molecule has 7 heteroatoms. The van der Waals surface area contributed by atoms with E-state index in [1.54, 1.807) is 36.5 Å². The van der Waals surface area contributed by atoms with E-state index in [0.717, 1.165) is 12.1 Å². The third kappa shape index (κ3) is 3.89. The van der Waals surface area contributed by atoms with Gasteiger partial charge >= 0.3 is 0 Å². The first kappa shape index (κ1) is 18.0. The Kier molecular flexibility index (Phi) is 5.47. The van der Waals surface area contributed by atoms with Crippen molar-refractivity contribution < 1.29 is 4.79 Å². The molecule has 1 saturated heterocycles. The van der Waals surface area contributed by atoms with Gasteiger partial charge in [0.05, 0.1) is 15.6 Å². The maximum atomic E-state index is 13.0. The van der Waals surface area contributed by atoms with Crippen LogP contribution in [0.1, 0.15) is 23.7 Å². The number of carbonyl (C=O) groups is 1. The van der Waals surface area contributed by atoms with Crippen LogP contribution in [0.2, 0.25) is 10.0 Å². The molecule has 0 spiro atoms. The Morgan fingerprint density at radius 2 is 2.16 bits per heavy atom. The number of halogens is 2. The van der Waals surface area contributed by atoms with E-state index in [2.05, 4.69) is 17.2 Å². The van der Waals surface area contributed by atoms with E-state index < -0.39 is 0 Å². The largest absolute Gasteiger partial charge is 0.340 e. The van der Waals surface area contributed by atoms with Crippen molar-refractivity contribution >= 4 is 40.6 Å². The highest BCUT2D eigenvalue weighted by Crippen LogP contribution is 2.29. The number of nitrogens with two attached hydrogens (primary N) is 1. The Hall–Kier alpha value is -1.82. The van der Waals surface area contributed by atoms with Crippen LogP contribution in [0.4, 0.5) is 11.5 Å². The van der Waals surface area contributed by atoms with Gasteiger partial charge in [0.1, 0.15) is 5.82 Å². The molecule has 1 fully saturated rings. The lowest BCUT2D eigenvalue weighted by Crippen LogP contribution is -2.34. The SMILES string of the molecule is CC1CC(CN)CN1C(=O)c1cccnc1Nc1ccc(Cl)c(Cl)c1. The topological polar surface area (TPSA) is 71.2 Å². The quantitative estimate of drug-likeness (QED) is 0.844. The lowest BCUT2D eigenvalue weighted by Gasteiger charge is -2.22. The molecule has 132 valence electrons. The summed E-state index contributed by atoms with van der Waals surface area (Å²) in [5, 5.41) is 4.07.